The van der Waals surface area contributed by atoms with Crippen LogP contribution in [0.1, 0.15) is 21.5 Å². The van der Waals surface area contributed by atoms with Crippen LogP contribution in [0.15, 0.2) is 54.9 Å². The van der Waals surface area contributed by atoms with E-state index < -0.39 is 0 Å². The van der Waals surface area contributed by atoms with Crippen LogP contribution in [0, 0.1) is 6.92 Å². The third-order valence-electron chi connectivity index (χ3n) is 3.62. The molecule has 0 spiro atoms. The highest BCUT2D eigenvalue weighted by Crippen LogP contribution is 2.20. The number of benzene rings is 2. The van der Waals surface area contributed by atoms with E-state index in [0.717, 1.165) is 16.8 Å². The lowest BCUT2D eigenvalue weighted by atomic mass is 10.2. The Bertz CT molecular complexity index is 889. The van der Waals surface area contributed by atoms with Crippen molar-refractivity contribution in [1.29, 1.82) is 0 Å². The molecule has 0 unspecified atom stereocenters. The Morgan fingerprint density at radius 2 is 2.00 bits per heavy atom. The summed E-state index contributed by atoms with van der Waals surface area (Å²) in [6, 6.07) is 12.9. The second-order valence-electron chi connectivity index (χ2n) is 5.43. The van der Waals surface area contributed by atoms with Gasteiger partial charge in [0.15, 0.2) is 0 Å². The van der Waals surface area contributed by atoms with Crippen LogP contribution in [0.4, 0.5) is 5.69 Å². The van der Waals surface area contributed by atoms with Gasteiger partial charge in [-0.2, -0.15) is 5.10 Å². The molecule has 0 aliphatic rings. The van der Waals surface area contributed by atoms with Gasteiger partial charge in [-0.05, 0) is 42.3 Å². The van der Waals surface area contributed by atoms with Crippen molar-refractivity contribution in [2.45, 2.75) is 13.5 Å². The molecular formula is C18H15Cl2N3O. The van der Waals surface area contributed by atoms with Crippen molar-refractivity contribution < 1.29 is 4.79 Å². The summed E-state index contributed by atoms with van der Waals surface area (Å²) >= 11 is 12.1. The van der Waals surface area contributed by atoms with E-state index in [1.807, 2.05) is 31.2 Å². The van der Waals surface area contributed by atoms with E-state index in [1.165, 1.54) is 6.20 Å². The Morgan fingerprint density at radius 1 is 1.21 bits per heavy atom. The average Bonchev–Trinajstić information content (AvgIpc) is 3.01. The number of hydrogen-bond acceptors (Lipinski definition) is 2. The summed E-state index contributed by atoms with van der Waals surface area (Å²) in [6.45, 7) is 2.40. The largest absolute Gasteiger partial charge is 0.322 e. The fraction of sp³-hybridized carbons (Fsp3) is 0.111. The molecular weight excluding hydrogens is 345 g/mol. The maximum absolute atomic E-state index is 12.4. The first-order valence-corrected chi connectivity index (χ1v) is 8.12. The highest BCUT2D eigenvalue weighted by molar-refractivity contribution is 6.31. The molecule has 0 aliphatic heterocycles. The minimum Gasteiger partial charge on any atom is -0.322 e. The van der Waals surface area contributed by atoms with Crippen LogP contribution in [0.2, 0.25) is 10.0 Å². The number of aromatic nitrogens is 2. The van der Waals surface area contributed by atoms with Gasteiger partial charge in [0.05, 0.1) is 18.3 Å². The third-order valence-corrected chi connectivity index (χ3v) is 4.23. The Kier molecular flexibility index (Phi) is 4.88. The molecule has 1 aromatic heterocycles. The molecule has 0 saturated carbocycles. The fourth-order valence-corrected chi connectivity index (χ4v) is 2.75. The Balaban J connectivity index is 1.73. The van der Waals surface area contributed by atoms with Crippen molar-refractivity contribution in [3.05, 3.63) is 81.6 Å². The molecule has 1 amide bonds. The molecule has 0 fully saturated rings. The molecule has 0 aliphatic carbocycles. The predicted octanol–water partition coefficient (Wildman–Crippen LogP) is 4.80. The molecule has 0 radical (unpaired) electrons. The van der Waals surface area contributed by atoms with Crippen LogP contribution in [-0.2, 0) is 6.54 Å². The van der Waals surface area contributed by atoms with Crippen LogP contribution in [0.25, 0.3) is 0 Å². The summed E-state index contributed by atoms with van der Waals surface area (Å²) in [5.41, 5.74) is 3.06. The van der Waals surface area contributed by atoms with Gasteiger partial charge in [0.25, 0.3) is 5.91 Å². The Morgan fingerprint density at radius 3 is 2.75 bits per heavy atom. The number of hydrogen-bond donors (Lipinski definition) is 1. The smallest absolute Gasteiger partial charge is 0.258 e. The van der Waals surface area contributed by atoms with Crippen molar-refractivity contribution in [2.75, 3.05) is 5.32 Å². The van der Waals surface area contributed by atoms with E-state index in [4.69, 9.17) is 23.2 Å². The number of carbonyl (C=O) groups excluding carboxylic acids is 1. The number of halogens is 2. The average molecular weight is 360 g/mol. The molecule has 122 valence electrons. The standard InChI is InChI=1S/C18H15Cl2N3O/c1-12-8-15(19)6-7-17(12)22-18(24)14-9-21-23(11-14)10-13-4-2-3-5-16(13)20/h2-9,11H,10H2,1H3,(H,22,24). The third kappa shape index (κ3) is 3.78. The van der Waals surface area contributed by atoms with Crippen molar-refractivity contribution in [3.8, 4) is 0 Å². The fourth-order valence-electron chi connectivity index (χ4n) is 2.33. The van der Waals surface area contributed by atoms with Gasteiger partial charge in [-0.15, -0.1) is 0 Å². The van der Waals surface area contributed by atoms with E-state index in [-0.39, 0.29) is 5.91 Å². The topological polar surface area (TPSA) is 46.9 Å². The number of anilines is 1. The zero-order chi connectivity index (χ0) is 17.1. The van der Waals surface area contributed by atoms with Crippen molar-refractivity contribution in [3.63, 3.8) is 0 Å². The SMILES string of the molecule is Cc1cc(Cl)ccc1NC(=O)c1cnn(Cc2ccccc2Cl)c1. The lowest BCUT2D eigenvalue weighted by molar-refractivity contribution is 0.102. The molecule has 24 heavy (non-hydrogen) atoms. The monoisotopic (exact) mass is 359 g/mol. The molecule has 3 rings (SSSR count). The number of carbonyl (C=O) groups is 1. The van der Waals surface area contributed by atoms with E-state index in [0.29, 0.717) is 22.2 Å². The summed E-state index contributed by atoms with van der Waals surface area (Å²) in [4.78, 5) is 12.4. The first-order chi connectivity index (χ1) is 11.5. The van der Waals surface area contributed by atoms with Crippen LogP contribution < -0.4 is 5.32 Å². The lowest BCUT2D eigenvalue weighted by Gasteiger charge is -2.07. The second kappa shape index (κ2) is 7.07. The molecule has 3 aromatic rings. The molecule has 6 heteroatoms. The maximum atomic E-state index is 12.4. The van der Waals surface area contributed by atoms with E-state index in [9.17, 15) is 4.79 Å². The lowest BCUT2D eigenvalue weighted by Crippen LogP contribution is -2.12. The van der Waals surface area contributed by atoms with Crippen LogP contribution in [0.3, 0.4) is 0 Å². The first kappa shape index (κ1) is 16.6. The molecule has 1 heterocycles. The number of rotatable bonds is 4. The van der Waals surface area contributed by atoms with Gasteiger partial charge < -0.3 is 5.32 Å². The summed E-state index contributed by atoms with van der Waals surface area (Å²) in [6.07, 6.45) is 3.24. The highest BCUT2D eigenvalue weighted by Gasteiger charge is 2.11. The molecule has 2 aromatic carbocycles. The summed E-state index contributed by atoms with van der Waals surface area (Å²) in [7, 11) is 0. The van der Waals surface area contributed by atoms with Gasteiger partial charge in [-0.3, -0.25) is 9.48 Å². The van der Waals surface area contributed by atoms with Crippen molar-refractivity contribution in [1.82, 2.24) is 9.78 Å². The van der Waals surface area contributed by atoms with Crippen LogP contribution in [-0.4, -0.2) is 15.7 Å². The minimum atomic E-state index is -0.217. The molecule has 0 saturated heterocycles. The Hall–Kier alpha value is -2.30. The Labute approximate surface area is 150 Å². The second-order valence-corrected chi connectivity index (χ2v) is 6.28. The quantitative estimate of drug-likeness (QED) is 0.727. The first-order valence-electron chi connectivity index (χ1n) is 7.36. The van der Waals surface area contributed by atoms with Gasteiger partial charge in [0, 0.05) is 21.9 Å². The number of amides is 1. The predicted molar refractivity (Wildman–Crippen MR) is 96.9 cm³/mol. The summed E-state index contributed by atoms with van der Waals surface area (Å²) in [5.74, 6) is -0.217. The summed E-state index contributed by atoms with van der Waals surface area (Å²) < 4.78 is 1.69. The van der Waals surface area contributed by atoms with Crippen LogP contribution in [0.5, 0.6) is 0 Å². The molecule has 0 bridgehead atoms. The molecule has 1 N–H and O–H groups in total. The molecule has 0 atom stereocenters. The molecule has 4 nitrogen and oxygen atoms in total. The van der Waals surface area contributed by atoms with Gasteiger partial charge in [-0.25, -0.2) is 0 Å². The van der Waals surface area contributed by atoms with Crippen LogP contribution >= 0.6 is 23.2 Å². The van der Waals surface area contributed by atoms with Crippen molar-refractivity contribution >= 4 is 34.8 Å². The number of nitrogens with zero attached hydrogens (tertiary/aromatic N) is 2. The van der Waals surface area contributed by atoms with Gasteiger partial charge in [0.1, 0.15) is 0 Å². The zero-order valence-electron chi connectivity index (χ0n) is 13.0. The summed E-state index contributed by atoms with van der Waals surface area (Å²) in [5, 5.41) is 8.41. The van der Waals surface area contributed by atoms with E-state index in [2.05, 4.69) is 10.4 Å². The van der Waals surface area contributed by atoms with E-state index >= 15 is 0 Å². The zero-order valence-corrected chi connectivity index (χ0v) is 14.5. The minimum absolute atomic E-state index is 0.217. The van der Waals surface area contributed by atoms with Gasteiger partial charge in [0.2, 0.25) is 0 Å². The van der Waals surface area contributed by atoms with Crippen molar-refractivity contribution in [2.24, 2.45) is 0 Å². The highest BCUT2D eigenvalue weighted by atomic mass is 35.5. The van der Waals surface area contributed by atoms with E-state index in [1.54, 1.807) is 29.1 Å². The van der Waals surface area contributed by atoms with Gasteiger partial charge in [-0.1, -0.05) is 41.4 Å². The number of nitrogens with one attached hydrogen (secondary N) is 1. The maximum Gasteiger partial charge on any atom is 0.258 e. The normalized spacial score (nSPS) is 10.6. The van der Waals surface area contributed by atoms with Gasteiger partial charge >= 0.3 is 0 Å². The number of aryl methyl sites for hydroxylation is 1.